The van der Waals surface area contributed by atoms with Crippen LogP contribution in [0.5, 0.6) is 0 Å². The molecule has 0 spiro atoms. The third kappa shape index (κ3) is 4.97. The first-order valence-corrected chi connectivity index (χ1v) is 19.5. The molecular formula is C47H40N4O4. The van der Waals surface area contributed by atoms with E-state index in [1.54, 1.807) is 0 Å². The Balaban J connectivity index is 0.974. The van der Waals surface area contributed by atoms with Gasteiger partial charge in [-0.2, -0.15) is 0 Å². The van der Waals surface area contributed by atoms with E-state index in [1.165, 1.54) is 32.3 Å². The van der Waals surface area contributed by atoms with Crippen LogP contribution in [0, 0.1) is 0 Å². The van der Waals surface area contributed by atoms with Crippen LogP contribution in [0.25, 0.3) is 43.8 Å². The fraction of sp³-hybridized carbons (Fsp3) is 0.234. The molecule has 10 rings (SSSR count). The molecule has 8 heteroatoms. The number of fused-ring (bicyclic) bond motifs is 6. The van der Waals surface area contributed by atoms with E-state index in [9.17, 15) is 19.2 Å². The summed E-state index contributed by atoms with van der Waals surface area (Å²) in [4.78, 5) is 61.6. The largest absolute Gasteiger partial charge is 0.349 e. The minimum atomic E-state index is -0.210. The second kappa shape index (κ2) is 12.7. The Morgan fingerprint density at radius 1 is 0.473 bits per heavy atom. The predicted molar refractivity (Wildman–Crippen MR) is 217 cm³/mol. The van der Waals surface area contributed by atoms with Gasteiger partial charge in [0.05, 0.1) is 6.67 Å². The number of carbonyl (C=O) groups excluding carboxylic acids is 4. The van der Waals surface area contributed by atoms with E-state index in [0.29, 0.717) is 35.3 Å². The van der Waals surface area contributed by atoms with Crippen molar-refractivity contribution in [2.45, 2.75) is 52.6 Å². The molecule has 4 amide bonds. The van der Waals surface area contributed by atoms with E-state index in [0.717, 1.165) is 89.2 Å². The lowest BCUT2D eigenvalue weighted by atomic mass is 9.87. The number of carbonyl (C=O) groups is 4. The number of nitrogens with zero attached hydrogens (tertiary/aromatic N) is 4. The molecule has 0 aromatic heterocycles. The second-order valence-corrected chi connectivity index (χ2v) is 15.2. The molecule has 4 aliphatic heterocycles. The van der Waals surface area contributed by atoms with Crippen molar-refractivity contribution >= 4 is 56.5 Å². The second-order valence-electron chi connectivity index (χ2n) is 15.2. The molecule has 6 aromatic rings. The van der Waals surface area contributed by atoms with Crippen LogP contribution in [0.15, 0.2) is 97.1 Å². The molecule has 272 valence electrons. The van der Waals surface area contributed by atoms with Crippen molar-refractivity contribution in [1.82, 2.24) is 9.80 Å². The van der Waals surface area contributed by atoms with Gasteiger partial charge >= 0.3 is 0 Å². The highest BCUT2D eigenvalue weighted by Gasteiger charge is 2.35. The number of amides is 4. The van der Waals surface area contributed by atoms with Crippen LogP contribution in [0.1, 0.15) is 92.1 Å². The Bertz CT molecular complexity index is 2450. The Kier molecular flexibility index (Phi) is 7.66. The van der Waals surface area contributed by atoms with Crippen LogP contribution < -0.4 is 9.80 Å². The number of hydrogen-bond donors (Lipinski definition) is 0. The third-order valence-corrected chi connectivity index (χ3v) is 12.0. The van der Waals surface area contributed by atoms with Gasteiger partial charge in [0.1, 0.15) is 0 Å². The van der Waals surface area contributed by atoms with Gasteiger partial charge in [-0.25, -0.2) is 0 Å². The van der Waals surface area contributed by atoms with E-state index < -0.39 is 0 Å². The smallest absolute Gasteiger partial charge is 0.261 e. The minimum Gasteiger partial charge on any atom is -0.349 e. The monoisotopic (exact) mass is 724 g/mol. The van der Waals surface area contributed by atoms with E-state index in [1.807, 2.05) is 60.7 Å². The van der Waals surface area contributed by atoms with Crippen LogP contribution in [0.3, 0.4) is 0 Å². The molecule has 0 atom stereocenters. The zero-order valence-electron chi connectivity index (χ0n) is 31.0. The molecule has 0 N–H and O–H groups in total. The van der Waals surface area contributed by atoms with Gasteiger partial charge in [0.2, 0.25) is 0 Å². The fourth-order valence-corrected chi connectivity index (χ4v) is 9.25. The van der Waals surface area contributed by atoms with E-state index >= 15 is 0 Å². The van der Waals surface area contributed by atoms with Crippen molar-refractivity contribution in [3.8, 4) is 22.3 Å². The van der Waals surface area contributed by atoms with Crippen molar-refractivity contribution in [3.63, 3.8) is 0 Å². The number of imide groups is 2. The predicted octanol–water partition coefficient (Wildman–Crippen LogP) is 9.42. The molecule has 0 fully saturated rings. The standard InChI is InChI=1S/C47H40N4O4/c1-3-5-21-50-44(52)36-11-7-9-34-32(15-17-38(42(34)36)46(50)54)28-13-19-40-30(23-28)25-48-27-49(40)26-31-24-29(14-20-41(31)48)33-16-18-39-43-35(33)10-8-12-37(43)45(53)51(47(39)55)22-6-4-2/h7-20,23-24H,3-6,21-22,25-27H2,1-2H3. The number of benzene rings is 6. The van der Waals surface area contributed by atoms with Gasteiger partial charge in [0.15, 0.2) is 0 Å². The summed E-state index contributed by atoms with van der Waals surface area (Å²) in [5.41, 5.74) is 11.3. The van der Waals surface area contributed by atoms with E-state index in [-0.39, 0.29) is 23.6 Å². The maximum absolute atomic E-state index is 13.5. The maximum atomic E-state index is 13.5. The maximum Gasteiger partial charge on any atom is 0.261 e. The van der Waals surface area contributed by atoms with Crippen LogP contribution in [0.4, 0.5) is 11.4 Å². The van der Waals surface area contributed by atoms with Crippen molar-refractivity contribution in [3.05, 3.63) is 130 Å². The summed E-state index contributed by atoms with van der Waals surface area (Å²) in [7, 11) is 0. The van der Waals surface area contributed by atoms with Crippen LogP contribution in [-0.4, -0.2) is 53.2 Å². The first-order valence-electron chi connectivity index (χ1n) is 19.5. The Morgan fingerprint density at radius 3 is 1.29 bits per heavy atom. The molecule has 6 aromatic carbocycles. The molecule has 0 saturated carbocycles. The van der Waals surface area contributed by atoms with E-state index in [2.05, 4.69) is 60.0 Å². The zero-order chi connectivity index (χ0) is 37.5. The third-order valence-electron chi connectivity index (χ3n) is 12.0. The van der Waals surface area contributed by atoms with Crippen molar-refractivity contribution in [2.24, 2.45) is 0 Å². The summed E-state index contributed by atoms with van der Waals surface area (Å²) >= 11 is 0. The lowest BCUT2D eigenvalue weighted by Gasteiger charge is -2.45. The highest BCUT2D eigenvalue weighted by atomic mass is 16.2. The fourth-order valence-electron chi connectivity index (χ4n) is 9.25. The van der Waals surface area contributed by atoms with Gasteiger partial charge in [-0.05, 0) is 106 Å². The van der Waals surface area contributed by atoms with Gasteiger partial charge in [0, 0.05) is 70.6 Å². The molecule has 2 bridgehead atoms. The Hall–Kier alpha value is -6.28. The quantitative estimate of drug-likeness (QED) is 0.146. The van der Waals surface area contributed by atoms with Gasteiger partial charge < -0.3 is 9.80 Å². The molecule has 8 nitrogen and oxygen atoms in total. The summed E-state index contributed by atoms with van der Waals surface area (Å²) < 4.78 is 0. The molecular weight excluding hydrogens is 685 g/mol. The zero-order valence-corrected chi connectivity index (χ0v) is 31.0. The Morgan fingerprint density at radius 2 is 0.873 bits per heavy atom. The SMILES string of the molecule is CCCCN1C(=O)c2cccc3c(-c4ccc5c(c4)CN4CN5Cc5cc(-c6ccc7c8c(cccc68)C(=O)N(CCCC)C7=O)ccc54)ccc(c23)C1=O. The summed E-state index contributed by atoms with van der Waals surface area (Å²) in [5.74, 6) is -0.841. The molecule has 0 saturated heterocycles. The molecule has 0 radical (unpaired) electrons. The molecule has 4 heterocycles. The van der Waals surface area contributed by atoms with Crippen molar-refractivity contribution in [2.75, 3.05) is 29.6 Å². The average Bonchev–Trinajstić information content (AvgIpc) is 3.21. The number of unbranched alkanes of at least 4 members (excludes halogenated alkanes) is 2. The number of anilines is 2. The lowest BCUT2D eigenvalue weighted by molar-refractivity contribution is 0.0593. The van der Waals surface area contributed by atoms with E-state index in [4.69, 9.17) is 0 Å². The number of rotatable bonds is 8. The van der Waals surface area contributed by atoms with Gasteiger partial charge in [-0.3, -0.25) is 29.0 Å². The van der Waals surface area contributed by atoms with Crippen molar-refractivity contribution < 1.29 is 19.2 Å². The average molecular weight is 725 g/mol. The molecule has 55 heavy (non-hydrogen) atoms. The highest BCUT2D eigenvalue weighted by Crippen LogP contribution is 2.44. The lowest BCUT2D eigenvalue weighted by Crippen LogP contribution is -2.46. The van der Waals surface area contributed by atoms with Crippen LogP contribution in [-0.2, 0) is 13.1 Å². The molecule has 4 aliphatic rings. The summed E-state index contributed by atoms with van der Waals surface area (Å²) in [5, 5.41) is 3.33. The highest BCUT2D eigenvalue weighted by molar-refractivity contribution is 6.28. The first kappa shape index (κ1) is 33.3. The number of hydrogen-bond acceptors (Lipinski definition) is 6. The summed E-state index contributed by atoms with van der Waals surface area (Å²) in [6.45, 7) is 7.27. The molecule has 0 unspecified atom stereocenters. The Labute approximate surface area is 319 Å². The summed E-state index contributed by atoms with van der Waals surface area (Å²) in [6.07, 6.45) is 3.39. The van der Waals surface area contributed by atoms with Crippen LogP contribution >= 0.6 is 0 Å². The summed E-state index contributed by atoms with van der Waals surface area (Å²) in [6, 6.07) is 32.7. The normalized spacial score (nSPS) is 15.7. The van der Waals surface area contributed by atoms with Crippen molar-refractivity contribution in [1.29, 1.82) is 0 Å². The molecule has 0 aliphatic carbocycles. The minimum absolute atomic E-state index is 0.210. The van der Waals surface area contributed by atoms with Gasteiger partial charge in [0.25, 0.3) is 23.6 Å². The van der Waals surface area contributed by atoms with Gasteiger partial charge in [-0.15, -0.1) is 0 Å². The topological polar surface area (TPSA) is 81.2 Å². The van der Waals surface area contributed by atoms with Crippen LogP contribution in [0.2, 0.25) is 0 Å². The van der Waals surface area contributed by atoms with Gasteiger partial charge in [-0.1, -0.05) is 75.2 Å². The first-order chi connectivity index (χ1) is 26.9.